The molecule has 3 aromatic rings. The van der Waals surface area contributed by atoms with Gasteiger partial charge in [-0.1, -0.05) is 18.2 Å². The number of carbonyl (C=O) groups excluding carboxylic acids is 1. The highest BCUT2D eigenvalue weighted by Gasteiger charge is 2.00. The molecule has 0 amide bonds. The van der Waals surface area contributed by atoms with Crippen molar-refractivity contribution in [1.29, 1.82) is 0 Å². The fourth-order valence-electron chi connectivity index (χ4n) is 1.83. The van der Waals surface area contributed by atoms with Crippen molar-refractivity contribution < 1.29 is 9.53 Å². The van der Waals surface area contributed by atoms with Gasteiger partial charge in [-0.05, 0) is 36.4 Å². The minimum atomic E-state index is 0.504. The molecule has 0 aliphatic carbocycles. The zero-order valence-corrected chi connectivity index (χ0v) is 10.0. The van der Waals surface area contributed by atoms with Crippen molar-refractivity contribution in [2.45, 2.75) is 0 Å². The summed E-state index contributed by atoms with van der Waals surface area (Å²) in [7, 11) is 0. The van der Waals surface area contributed by atoms with Crippen molar-refractivity contribution in [3.63, 3.8) is 0 Å². The van der Waals surface area contributed by atoms with E-state index in [1.165, 1.54) is 0 Å². The number of hydrogen-bond donors (Lipinski definition) is 0. The Hall–Kier alpha value is -2.68. The van der Waals surface area contributed by atoms with Crippen LogP contribution in [0.3, 0.4) is 0 Å². The third-order valence-corrected chi connectivity index (χ3v) is 2.77. The van der Waals surface area contributed by atoms with Gasteiger partial charge < -0.3 is 4.74 Å². The zero-order valence-electron chi connectivity index (χ0n) is 10.0. The number of rotatable bonds is 3. The molecule has 91 valence electrons. The van der Waals surface area contributed by atoms with Crippen LogP contribution in [0.5, 0.6) is 11.5 Å². The molecule has 0 fully saturated rings. The molecule has 3 rings (SSSR count). The topological polar surface area (TPSA) is 39.2 Å². The van der Waals surface area contributed by atoms with E-state index in [0.717, 1.165) is 10.9 Å². The highest BCUT2D eigenvalue weighted by atomic mass is 16.5. The first kappa shape index (κ1) is 11.4. The second-order valence-electron chi connectivity index (χ2n) is 4.09. The molecule has 0 aliphatic heterocycles. The molecule has 1 heterocycles. The van der Waals surface area contributed by atoms with Gasteiger partial charge in [0.05, 0.1) is 11.7 Å². The van der Waals surface area contributed by atoms with E-state index in [9.17, 15) is 4.79 Å². The summed E-state index contributed by atoms with van der Waals surface area (Å²) in [6.07, 6.45) is 3.51. The third kappa shape index (κ3) is 2.45. The molecular weight excluding hydrogens is 238 g/mol. The van der Waals surface area contributed by atoms with Crippen LogP contribution in [0.1, 0.15) is 5.56 Å². The number of hydrogen-bond acceptors (Lipinski definition) is 3. The molecule has 0 aliphatic rings. The lowest BCUT2D eigenvalue weighted by atomic mass is 10.2. The maximum absolute atomic E-state index is 10.4. The molecule has 0 saturated carbocycles. The second kappa shape index (κ2) is 4.90. The van der Waals surface area contributed by atoms with Gasteiger partial charge in [-0.25, -0.2) is 0 Å². The van der Waals surface area contributed by atoms with Crippen molar-refractivity contribution in [1.82, 2.24) is 4.98 Å². The van der Waals surface area contributed by atoms with Crippen LogP contribution in [0, 0.1) is 0 Å². The Morgan fingerprint density at radius 3 is 2.53 bits per heavy atom. The number of fused-ring (bicyclic) bond motifs is 1. The molecule has 0 spiro atoms. The van der Waals surface area contributed by atoms with E-state index in [4.69, 9.17) is 4.74 Å². The van der Waals surface area contributed by atoms with Crippen LogP contribution < -0.4 is 4.74 Å². The van der Waals surface area contributed by atoms with E-state index in [1.807, 2.05) is 36.6 Å². The number of pyridine rings is 1. The van der Waals surface area contributed by atoms with Gasteiger partial charge in [-0.15, -0.1) is 0 Å². The molecule has 3 nitrogen and oxygen atoms in total. The summed E-state index contributed by atoms with van der Waals surface area (Å²) in [5.74, 6) is 1.33. The average Bonchev–Trinajstić information content (AvgIpc) is 2.48. The highest BCUT2D eigenvalue weighted by Crippen LogP contribution is 2.23. The predicted molar refractivity (Wildman–Crippen MR) is 73.1 cm³/mol. The Balaban J connectivity index is 1.89. The number of nitrogens with zero attached hydrogens (tertiary/aromatic N) is 1. The van der Waals surface area contributed by atoms with E-state index in [2.05, 4.69) is 4.98 Å². The molecule has 0 N–H and O–H groups in total. The van der Waals surface area contributed by atoms with E-state index < -0.39 is 0 Å². The largest absolute Gasteiger partial charge is 0.456 e. The fourth-order valence-corrected chi connectivity index (χ4v) is 1.83. The van der Waals surface area contributed by atoms with Crippen molar-refractivity contribution in [2.75, 3.05) is 0 Å². The van der Waals surface area contributed by atoms with E-state index in [0.29, 0.717) is 17.1 Å². The van der Waals surface area contributed by atoms with Crippen LogP contribution in [0.25, 0.3) is 10.9 Å². The molecule has 1 aromatic heterocycles. The van der Waals surface area contributed by atoms with Crippen LogP contribution in [-0.2, 0) is 4.79 Å². The molecule has 2 aromatic carbocycles. The Morgan fingerprint density at radius 1 is 0.947 bits per heavy atom. The third-order valence-electron chi connectivity index (χ3n) is 2.77. The van der Waals surface area contributed by atoms with Crippen molar-refractivity contribution in [2.24, 2.45) is 0 Å². The summed E-state index contributed by atoms with van der Waals surface area (Å²) in [6, 6.07) is 16.6. The Kier molecular flexibility index (Phi) is 2.94. The standard InChI is InChI=1S/C16H10NO2/c18-11-12-5-7-14(8-6-12)19-15-9-13-3-1-2-4-16(13)17-10-15/h1-10H. The van der Waals surface area contributed by atoms with E-state index in [-0.39, 0.29) is 0 Å². The van der Waals surface area contributed by atoms with Crippen molar-refractivity contribution in [3.8, 4) is 11.5 Å². The monoisotopic (exact) mass is 248 g/mol. The van der Waals surface area contributed by atoms with Crippen LogP contribution in [0.2, 0.25) is 0 Å². The van der Waals surface area contributed by atoms with Crippen LogP contribution in [0.4, 0.5) is 0 Å². The number of aromatic nitrogens is 1. The maximum Gasteiger partial charge on any atom is 0.233 e. The van der Waals surface area contributed by atoms with Gasteiger partial charge in [-0.3, -0.25) is 9.78 Å². The Labute approximate surface area is 110 Å². The Bertz CT molecular complexity index is 720. The van der Waals surface area contributed by atoms with Gasteiger partial charge in [0.2, 0.25) is 6.29 Å². The number of benzene rings is 2. The molecule has 0 saturated heterocycles. The minimum absolute atomic E-state index is 0.504. The van der Waals surface area contributed by atoms with Gasteiger partial charge in [0.1, 0.15) is 11.5 Å². The van der Waals surface area contributed by atoms with Gasteiger partial charge >= 0.3 is 0 Å². The fraction of sp³-hybridized carbons (Fsp3) is 0. The van der Waals surface area contributed by atoms with Crippen molar-refractivity contribution in [3.05, 3.63) is 66.4 Å². The molecular formula is C16H10NO2. The lowest BCUT2D eigenvalue weighted by molar-refractivity contribution is 0.481. The Morgan fingerprint density at radius 2 is 1.74 bits per heavy atom. The SMILES string of the molecule is O=[C]c1ccc(Oc2cnc3ccccc3c2)cc1. The molecule has 3 heteroatoms. The van der Waals surface area contributed by atoms with E-state index >= 15 is 0 Å². The highest BCUT2D eigenvalue weighted by molar-refractivity contribution is 5.79. The second-order valence-corrected chi connectivity index (χ2v) is 4.09. The zero-order chi connectivity index (χ0) is 13.1. The van der Waals surface area contributed by atoms with Crippen LogP contribution in [-0.4, -0.2) is 11.3 Å². The first-order valence-electron chi connectivity index (χ1n) is 5.86. The molecule has 19 heavy (non-hydrogen) atoms. The summed E-state index contributed by atoms with van der Waals surface area (Å²) >= 11 is 0. The summed E-state index contributed by atoms with van der Waals surface area (Å²) in [6.45, 7) is 0. The van der Waals surface area contributed by atoms with Crippen LogP contribution in [0.15, 0.2) is 60.8 Å². The lowest BCUT2D eigenvalue weighted by Crippen LogP contribution is -1.87. The smallest absolute Gasteiger partial charge is 0.233 e. The summed E-state index contributed by atoms with van der Waals surface area (Å²) in [5.41, 5.74) is 1.43. The molecule has 0 unspecified atom stereocenters. The maximum atomic E-state index is 10.4. The first-order valence-corrected chi connectivity index (χ1v) is 5.86. The molecule has 1 radical (unpaired) electrons. The first-order chi connectivity index (χ1) is 9.35. The predicted octanol–water partition coefficient (Wildman–Crippen LogP) is 3.48. The van der Waals surface area contributed by atoms with Gasteiger partial charge in [0, 0.05) is 10.9 Å². The van der Waals surface area contributed by atoms with Gasteiger partial charge in [0.15, 0.2) is 0 Å². The normalized spacial score (nSPS) is 10.3. The van der Waals surface area contributed by atoms with Gasteiger partial charge in [-0.2, -0.15) is 0 Å². The van der Waals surface area contributed by atoms with Crippen LogP contribution >= 0.6 is 0 Å². The molecule has 0 atom stereocenters. The van der Waals surface area contributed by atoms with Crippen molar-refractivity contribution >= 4 is 17.2 Å². The van der Waals surface area contributed by atoms with Gasteiger partial charge in [0.25, 0.3) is 0 Å². The summed E-state index contributed by atoms with van der Waals surface area (Å²) in [5, 5.41) is 1.03. The average molecular weight is 248 g/mol. The quantitative estimate of drug-likeness (QED) is 0.712. The number of para-hydroxylation sites is 1. The summed E-state index contributed by atoms with van der Waals surface area (Å²) in [4.78, 5) is 14.8. The minimum Gasteiger partial charge on any atom is -0.456 e. The summed E-state index contributed by atoms with van der Waals surface area (Å²) < 4.78 is 5.69. The van der Waals surface area contributed by atoms with E-state index in [1.54, 1.807) is 30.5 Å². The molecule has 0 bridgehead atoms. The number of ether oxygens (including phenoxy) is 1. The lowest BCUT2D eigenvalue weighted by Gasteiger charge is -2.06.